The van der Waals surface area contributed by atoms with E-state index in [4.69, 9.17) is 0 Å². The number of rotatable bonds is 3. The van der Waals surface area contributed by atoms with E-state index in [1.807, 2.05) is 13.1 Å². The normalized spacial score (nSPS) is 15.6. The standard InChI is InChI=1S/C14H16N4O2S/c1-8-6-15-18(7-8)9(2)13(20)17-14-16-10-4-3-5-11(19)12(10)21-14/h6-7,9H,3-5H2,1-2H3,(H,16,17,20). The van der Waals surface area contributed by atoms with Crippen LogP contribution >= 0.6 is 11.3 Å². The Bertz CT molecular complexity index is 704. The highest BCUT2D eigenvalue weighted by Gasteiger charge is 2.24. The zero-order chi connectivity index (χ0) is 15.0. The molecule has 0 aromatic carbocycles. The Balaban J connectivity index is 1.74. The molecule has 2 aromatic heterocycles. The third kappa shape index (κ3) is 2.73. The van der Waals surface area contributed by atoms with Crippen molar-refractivity contribution in [3.05, 3.63) is 28.5 Å². The van der Waals surface area contributed by atoms with E-state index < -0.39 is 6.04 Å². The quantitative estimate of drug-likeness (QED) is 0.944. The van der Waals surface area contributed by atoms with Gasteiger partial charge in [-0.2, -0.15) is 5.10 Å². The molecular formula is C14H16N4O2S. The molecule has 0 fully saturated rings. The molecule has 2 aromatic rings. The number of amides is 1. The number of aromatic nitrogens is 3. The van der Waals surface area contributed by atoms with Crippen molar-refractivity contribution in [3.63, 3.8) is 0 Å². The van der Waals surface area contributed by atoms with Crippen molar-refractivity contribution in [2.24, 2.45) is 0 Å². The smallest absolute Gasteiger partial charge is 0.250 e. The van der Waals surface area contributed by atoms with E-state index >= 15 is 0 Å². The van der Waals surface area contributed by atoms with Gasteiger partial charge in [0.15, 0.2) is 10.9 Å². The zero-order valence-corrected chi connectivity index (χ0v) is 12.7. The fraction of sp³-hybridized carbons (Fsp3) is 0.429. The molecule has 0 saturated carbocycles. The molecule has 0 radical (unpaired) electrons. The molecule has 6 nitrogen and oxygen atoms in total. The van der Waals surface area contributed by atoms with E-state index in [0.29, 0.717) is 16.4 Å². The van der Waals surface area contributed by atoms with Crippen LogP contribution in [0, 0.1) is 6.92 Å². The third-order valence-corrected chi connectivity index (χ3v) is 4.56. The topological polar surface area (TPSA) is 76.9 Å². The average molecular weight is 304 g/mol. The highest BCUT2D eigenvalue weighted by Crippen LogP contribution is 2.29. The fourth-order valence-electron chi connectivity index (χ4n) is 2.30. The summed E-state index contributed by atoms with van der Waals surface area (Å²) in [6.07, 6.45) is 5.75. The predicted octanol–water partition coefficient (Wildman–Crippen LogP) is 2.37. The largest absolute Gasteiger partial charge is 0.300 e. The highest BCUT2D eigenvalue weighted by molar-refractivity contribution is 7.17. The lowest BCUT2D eigenvalue weighted by Gasteiger charge is -2.10. The Morgan fingerprint density at radius 3 is 2.95 bits per heavy atom. The fourth-order valence-corrected chi connectivity index (χ4v) is 3.28. The number of nitrogens with zero attached hydrogens (tertiary/aromatic N) is 3. The molecule has 1 unspecified atom stereocenters. The van der Waals surface area contributed by atoms with Crippen molar-refractivity contribution in [2.75, 3.05) is 5.32 Å². The second-order valence-electron chi connectivity index (χ2n) is 5.23. The molecule has 1 aliphatic rings. The van der Waals surface area contributed by atoms with E-state index in [1.165, 1.54) is 11.3 Å². The number of Topliss-reactive ketones (excluding diaryl/α,β-unsaturated/α-hetero) is 1. The number of carbonyl (C=O) groups excluding carboxylic acids is 2. The summed E-state index contributed by atoms with van der Waals surface area (Å²) in [5.74, 6) is -0.0540. The maximum atomic E-state index is 12.2. The number of hydrogen-bond donors (Lipinski definition) is 1. The first-order chi connectivity index (χ1) is 10.0. The first kappa shape index (κ1) is 13.9. The van der Waals surface area contributed by atoms with Crippen LogP contribution in [-0.2, 0) is 11.2 Å². The lowest BCUT2D eigenvalue weighted by Crippen LogP contribution is -2.23. The third-order valence-electron chi connectivity index (χ3n) is 3.51. The van der Waals surface area contributed by atoms with Crippen molar-refractivity contribution in [3.8, 4) is 0 Å². The van der Waals surface area contributed by atoms with Crippen LogP contribution in [0.5, 0.6) is 0 Å². The molecule has 1 atom stereocenters. The maximum absolute atomic E-state index is 12.2. The van der Waals surface area contributed by atoms with Crippen molar-refractivity contribution >= 4 is 28.2 Å². The first-order valence-electron chi connectivity index (χ1n) is 6.89. The molecule has 7 heteroatoms. The zero-order valence-electron chi connectivity index (χ0n) is 11.9. The molecule has 110 valence electrons. The van der Waals surface area contributed by atoms with Gasteiger partial charge in [-0.05, 0) is 32.3 Å². The van der Waals surface area contributed by atoms with Crippen LogP contribution in [0.15, 0.2) is 12.4 Å². The second-order valence-corrected chi connectivity index (χ2v) is 6.23. The van der Waals surface area contributed by atoms with Gasteiger partial charge in [0.1, 0.15) is 6.04 Å². The Kier molecular flexibility index (Phi) is 3.59. The van der Waals surface area contributed by atoms with Gasteiger partial charge in [0.05, 0.1) is 16.8 Å². The van der Waals surface area contributed by atoms with Crippen molar-refractivity contribution in [1.82, 2.24) is 14.8 Å². The molecule has 0 aliphatic heterocycles. The van der Waals surface area contributed by atoms with Crippen LogP contribution in [0.4, 0.5) is 5.13 Å². The predicted molar refractivity (Wildman–Crippen MR) is 79.7 cm³/mol. The van der Waals surface area contributed by atoms with Gasteiger partial charge in [-0.3, -0.25) is 14.3 Å². The summed E-state index contributed by atoms with van der Waals surface area (Å²) >= 11 is 1.27. The summed E-state index contributed by atoms with van der Waals surface area (Å²) in [5, 5.41) is 7.42. The van der Waals surface area contributed by atoms with Gasteiger partial charge in [0.25, 0.3) is 5.91 Å². The van der Waals surface area contributed by atoms with Crippen molar-refractivity contribution in [1.29, 1.82) is 0 Å². The summed E-state index contributed by atoms with van der Waals surface area (Å²) in [4.78, 5) is 29.1. The van der Waals surface area contributed by atoms with Gasteiger partial charge in [-0.25, -0.2) is 4.98 Å². The second kappa shape index (κ2) is 5.40. The molecule has 1 aliphatic carbocycles. The Morgan fingerprint density at radius 2 is 2.29 bits per heavy atom. The monoisotopic (exact) mass is 304 g/mol. The van der Waals surface area contributed by atoms with Gasteiger partial charge >= 0.3 is 0 Å². The molecule has 21 heavy (non-hydrogen) atoms. The molecule has 2 heterocycles. The first-order valence-corrected chi connectivity index (χ1v) is 7.71. The van der Waals surface area contributed by atoms with Gasteiger partial charge in [0.2, 0.25) is 0 Å². The van der Waals surface area contributed by atoms with Gasteiger partial charge < -0.3 is 5.32 Å². The SMILES string of the molecule is Cc1cnn(C(C)C(=O)Nc2nc3c(s2)C(=O)CCC3)c1. The van der Waals surface area contributed by atoms with Crippen LogP contribution in [0.2, 0.25) is 0 Å². The molecular weight excluding hydrogens is 288 g/mol. The van der Waals surface area contributed by atoms with Crippen LogP contribution in [0.1, 0.15) is 46.7 Å². The number of hydrogen-bond acceptors (Lipinski definition) is 5. The van der Waals surface area contributed by atoms with E-state index in [1.54, 1.807) is 17.8 Å². The molecule has 0 spiro atoms. The number of carbonyl (C=O) groups is 2. The average Bonchev–Trinajstić information content (AvgIpc) is 3.04. The van der Waals surface area contributed by atoms with E-state index in [-0.39, 0.29) is 11.7 Å². The number of ketones is 1. The van der Waals surface area contributed by atoms with Gasteiger partial charge in [-0.1, -0.05) is 11.3 Å². The lowest BCUT2D eigenvalue weighted by atomic mass is 10.0. The Hall–Kier alpha value is -2.02. The maximum Gasteiger partial charge on any atom is 0.250 e. The number of thiazole rings is 1. The van der Waals surface area contributed by atoms with Crippen molar-refractivity contribution in [2.45, 2.75) is 39.2 Å². The number of anilines is 1. The summed E-state index contributed by atoms with van der Waals surface area (Å²) in [6, 6.07) is -0.421. The van der Waals surface area contributed by atoms with Crippen molar-refractivity contribution < 1.29 is 9.59 Å². The molecule has 0 bridgehead atoms. The summed E-state index contributed by atoms with van der Waals surface area (Å²) < 4.78 is 1.61. The minimum absolute atomic E-state index is 0.130. The van der Waals surface area contributed by atoms with E-state index in [0.717, 1.165) is 24.1 Å². The van der Waals surface area contributed by atoms with Crippen LogP contribution < -0.4 is 5.32 Å². The van der Waals surface area contributed by atoms with E-state index in [9.17, 15) is 9.59 Å². The summed E-state index contributed by atoms with van der Waals surface area (Å²) in [5.41, 5.74) is 1.82. The van der Waals surface area contributed by atoms with Crippen LogP contribution in [-0.4, -0.2) is 26.5 Å². The molecule has 1 N–H and O–H groups in total. The van der Waals surface area contributed by atoms with E-state index in [2.05, 4.69) is 15.4 Å². The molecule has 1 amide bonds. The lowest BCUT2D eigenvalue weighted by molar-refractivity contribution is -0.119. The number of aryl methyl sites for hydroxylation is 2. The molecule has 0 saturated heterocycles. The number of fused-ring (bicyclic) bond motifs is 1. The van der Waals surface area contributed by atoms with Gasteiger partial charge in [-0.15, -0.1) is 0 Å². The summed E-state index contributed by atoms with van der Waals surface area (Å²) in [7, 11) is 0. The summed E-state index contributed by atoms with van der Waals surface area (Å²) in [6.45, 7) is 3.70. The Morgan fingerprint density at radius 1 is 1.48 bits per heavy atom. The van der Waals surface area contributed by atoms with Gasteiger partial charge in [0, 0.05) is 12.6 Å². The number of nitrogens with one attached hydrogen (secondary N) is 1. The van der Waals surface area contributed by atoms with Crippen LogP contribution in [0.25, 0.3) is 0 Å². The van der Waals surface area contributed by atoms with Crippen LogP contribution in [0.3, 0.4) is 0 Å². The minimum atomic E-state index is -0.421. The molecule has 3 rings (SSSR count). The highest BCUT2D eigenvalue weighted by atomic mass is 32.1. The minimum Gasteiger partial charge on any atom is -0.300 e. The Labute approximate surface area is 126 Å².